The van der Waals surface area contributed by atoms with E-state index in [1.807, 2.05) is 53.8 Å². The van der Waals surface area contributed by atoms with Gasteiger partial charge in [0.2, 0.25) is 11.7 Å². The minimum Gasteiger partial charge on any atom is -0.355 e. The fraction of sp³-hybridized carbons (Fsp3) is 0.273. The van der Waals surface area contributed by atoms with E-state index in [0.29, 0.717) is 22.2 Å². The number of carbonyl (C=O) groups excluding carboxylic acids is 1. The monoisotopic (exact) mass is 419 g/mol. The zero-order valence-corrected chi connectivity index (χ0v) is 17.4. The van der Waals surface area contributed by atoms with Crippen LogP contribution in [0.15, 0.2) is 58.5 Å². The van der Waals surface area contributed by atoms with Gasteiger partial charge in [0.25, 0.3) is 5.56 Å². The number of nitrogens with zero attached hydrogens (tertiary/aromatic N) is 4. The topological polar surface area (TPSA) is 81.3 Å². The number of aromatic nitrogens is 4. The van der Waals surface area contributed by atoms with Crippen molar-refractivity contribution in [1.29, 1.82) is 0 Å². The summed E-state index contributed by atoms with van der Waals surface area (Å²) >= 11 is 1.33. The van der Waals surface area contributed by atoms with Gasteiger partial charge >= 0.3 is 0 Å². The van der Waals surface area contributed by atoms with Crippen molar-refractivity contribution in [2.75, 3.05) is 12.3 Å². The molecule has 0 unspecified atom stereocenters. The molecule has 2 aromatic carbocycles. The van der Waals surface area contributed by atoms with Gasteiger partial charge in [-0.15, -0.1) is 10.2 Å². The van der Waals surface area contributed by atoms with Crippen molar-refractivity contribution in [3.05, 3.63) is 64.4 Å². The normalized spacial score (nSPS) is 13.8. The summed E-state index contributed by atoms with van der Waals surface area (Å²) in [4.78, 5) is 25.5. The molecule has 0 bridgehead atoms. The van der Waals surface area contributed by atoms with Crippen molar-refractivity contribution in [3.63, 3.8) is 0 Å². The zero-order chi connectivity index (χ0) is 20.7. The summed E-state index contributed by atoms with van der Waals surface area (Å²) in [5.74, 6) is 1.31. The summed E-state index contributed by atoms with van der Waals surface area (Å²) in [6.45, 7) is 2.75. The molecule has 2 aromatic heterocycles. The van der Waals surface area contributed by atoms with Crippen LogP contribution in [0.1, 0.15) is 18.4 Å². The molecule has 2 heterocycles. The van der Waals surface area contributed by atoms with Crippen LogP contribution in [0.2, 0.25) is 0 Å². The molecule has 1 saturated carbocycles. The standard InChI is InChI=1S/C22H21N5O2S/c1-14-6-10-16(11-7-14)26-20(29)17-4-2-3-5-18(17)27-21(26)24-25-22(27)30-13-19(28)23-12-15-8-9-15/h2-7,10-11,15H,8-9,12-13H2,1H3,(H,23,28). The van der Waals surface area contributed by atoms with Crippen LogP contribution < -0.4 is 10.9 Å². The Morgan fingerprint density at radius 3 is 2.67 bits per heavy atom. The molecule has 152 valence electrons. The number of amides is 1. The fourth-order valence-electron chi connectivity index (χ4n) is 3.46. The number of rotatable bonds is 6. The van der Waals surface area contributed by atoms with Crippen LogP contribution >= 0.6 is 11.8 Å². The first kappa shape index (κ1) is 18.9. The lowest BCUT2D eigenvalue weighted by Crippen LogP contribution is -2.27. The van der Waals surface area contributed by atoms with Crippen molar-refractivity contribution >= 4 is 34.3 Å². The number of hydrogen-bond donors (Lipinski definition) is 1. The SMILES string of the molecule is Cc1ccc(-n2c(=O)c3ccccc3n3c(SCC(=O)NCC4CC4)nnc23)cc1. The number of fused-ring (bicyclic) bond motifs is 3. The Hall–Kier alpha value is -3.13. The van der Waals surface area contributed by atoms with Gasteiger partial charge in [-0.05, 0) is 49.9 Å². The van der Waals surface area contributed by atoms with E-state index >= 15 is 0 Å². The number of thioether (sulfide) groups is 1. The average Bonchev–Trinajstić information content (AvgIpc) is 3.50. The Bertz CT molecular complexity index is 1310. The maximum absolute atomic E-state index is 13.3. The first-order chi connectivity index (χ1) is 14.6. The van der Waals surface area contributed by atoms with Crippen LogP contribution in [0.3, 0.4) is 0 Å². The second-order valence-corrected chi connectivity index (χ2v) is 8.59. The van der Waals surface area contributed by atoms with Crippen LogP contribution in [0.5, 0.6) is 0 Å². The molecule has 0 radical (unpaired) electrons. The molecule has 1 aliphatic carbocycles. The Balaban J connectivity index is 1.59. The van der Waals surface area contributed by atoms with E-state index in [2.05, 4.69) is 15.5 Å². The Kier molecular flexibility index (Phi) is 4.78. The lowest BCUT2D eigenvalue weighted by molar-refractivity contribution is -0.118. The quantitative estimate of drug-likeness (QED) is 0.486. The summed E-state index contributed by atoms with van der Waals surface area (Å²) in [5, 5.41) is 12.8. The molecule has 30 heavy (non-hydrogen) atoms. The second-order valence-electron chi connectivity index (χ2n) is 7.65. The van der Waals surface area contributed by atoms with Gasteiger partial charge in [0.1, 0.15) is 0 Å². The third kappa shape index (κ3) is 3.47. The second kappa shape index (κ2) is 7.60. The maximum atomic E-state index is 13.3. The number of nitrogens with one attached hydrogen (secondary N) is 1. The van der Waals surface area contributed by atoms with Crippen molar-refractivity contribution in [2.45, 2.75) is 24.9 Å². The Labute approximate surface area is 177 Å². The van der Waals surface area contributed by atoms with E-state index in [1.54, 1.807) is 10.6 Å². The van der Waals surface area contributed by atoms with Gasteiger partial charge < -0.3 is 5.32 Å². The summed E-state index contributed by atoms with van der Waals surface area (Å²) in [6.07, 6.45) is 2.40. The highest BCUT2D eigenvalue weighted by Crippen LogP contribution is 2.28. The van der Waals surface area contributed by atoms with Gasteiger partial charge in [-0.3, -0.25) is 14.0 Å². The molecule has 1 amide bonds. The molecule has 1 aliphatic rings. The molecule has 0 atom stereocenters. The fourth-order valence-corrected chi connectivity index (χ4v) is 4.23. The first-order valence-corrected chi connectivity index (χ1v) is 11.0. The summed E-state index contributed by atoms with van der Waals surface area (Å²) in [5.41, 5.74) is 2.42. The summed E-state index contributed by atoms with van der Waals surface area (Å²) in [6, 6.07) is 15.1. The molecule has 5 rings (SSSR count). The molecule has 0 saturated heterocycles. The highest BCUT2D eigenvalue weighted by Gasteiger charge is 2.22. The number of carbonyl (C=O) groups is 1. The van der Waals surface area contributed by atoms with Gasteiger partial charge in [-0.2, -0.15) is 0 Å². The van der Waals surface area contributed by atoms with Crippen molar-refractivity contribution in [3.8, 4) is 5.69 Å². The molecule has 0 spiro atoms. The van der Waals surface area contributed by atoms with E-state index in [0.717, 1.165) is 23.3 Å². The van der Waals surface area contributed by atoms with E-state index < -0.39 is 0 Å². The molecule has 1 N–H and O–H groups in total. The van der Waals surface area contributed by atoms with Gasteiger partial charge in [-0.25, -0.2) is 4.57 Å². The number of benzene rings is 2. The van der Waals surface area contributed by atoms with Crippen molar-refractivity contribution in [2.24, 2.45) is 5.92 Å². The van der Waals surface area contributed by atoms with Crippen LogP contribution in [0.25, 0.3) is 22.4 Å². The number of para-hydroxylation sites is 1. The van der Waals surface area contributed by atoms with E-state index in [-0.39, 0.29) is 17.2 Å². The van der Waals surface area contributed by atoms with Crippen LogP contribution in [-0.4, -0.2) is 37.4 Å². The van der Waals surface area contributed by atoms with Crippen molar-refractivity contribution < 1.29 is 4.79 Å². The minimum absolute atomic E-state index is 0.0141. The highest BCUT2D eigenvalue weighted by atomic mass is 32.2. The van der Waals surface area contributed by atoms with Crippen LogP contribution in [-0.2, 0) is 4.79 Å². The van der Waals surface area contributed by atoms with Gasteiger partial charge in [0, 0.05) is 6.54 Å². The molecule has 1 fully saturated rings. The van der Waals surface area contributed by atoms with Crippen molar-refractivity contribution in [1.82, 2.24) is 24.5 Å². The number of aryl methyl sites for hydroxylation is 1. The summed E-state index contributed by atoms with van der Waals surface area (Å²) in [7, 11) is 0. The van der Waals surface area contributed by atoms with E-state index in [4.69, 9.17) is 0 Å². The van der Waals surface area contributed by atoms with Crippen LogP contribution in [0.4, 0.5) is 0 Å². The molecule has 7 nitrogen and oxygen atoms in total. The van der Waals surface area contributed by atoms with E-state index in [1.165, 1.54) is 24.6 Å². The van der Waals surface area contributed by atoms with Crippen LogP contribution in [0, 0.1) is 12.8 Å². The summed E-state index contributed by atoms with van der Waals surface area (Å²) < 4.78 is 3.43. The zero-order valence-electron chi connectivity index (χ0n) is 16.5. The lowest BCUT2D eigenvalue weighted by atomic mass is 10.2. The molecule has 4 aromatic rings. The lowest BCUT2D eigenvalue weighted by Gasteiger charge is -2.11. The first-order valence-electron chi connectivity index (χ1n) is 9.97. The van der Waals surface area contributed by atoms with Gasteiger partial charge in [0.15, 0.2) is 5.16 Å². The molecular formula is C22H21N5O2S. The predicted molar refractivity (Wildman–Crippen MR) is 117 cm³/mol. The Morgan fingerprint density at radius 1 is 1.13 bits per heavy atom. The van der Waals surface area contributed by atoms with Gasteiger partial charge in [-0.1, -0.05) is 41.6 Å². The molecule has 8 heteroatoms. The molecular weight excluding hydrogens is 398 g/mol. The Morgan fingerprint density at radius 2 is 1.90 bits per heavy atom. The predicted octanol–water partition coefficient (Wildman–Crippen LogP) is 2.96. The highest BCUT2D eigenvalue weighted by molar-refractivity contribution is 7.99. The third-order valence-electron chi connectivity index (χ3n) is 5.30. The number of hydrogen-bond acceptors (Lipinski definition) is 5. The smallest absolute Gasteiger partial charge is 0.267 e. The largest absolute Gasteiger partial charge is 0.355 e. The van der Waals surface area contributed by atoms with E-state index in [9.17, 15) is 9.59 Å². The molecule has 0 aliphatic heterocycles. The minimum atomic E-state index is -0.145. The average molecular weight is 420 g/mol. The van der Waals surface area contributed by atoms with Gasteiger partial charge in [0.05, 0.1) is 22.3 Å². The maximum Gasteiger partial charge on any atom is 0.267 e. The third-order valence-corrected chi connectivity index (χ3v) is 6.23.